The summed E-state index contributed by atoms with van der Waals surface area (Å²) >= 11 is 0. The van der Waals surface area contributed by atoms with Crippen LogP contribution in [-0.4, -0.2) is 20.2 Å². The van der Waals surface area contributed by atoms with Crippen molar-refractivity contribution in [1.82, 2.24) is 20.2 Å². The van der Waals surface area contributed by atoms with Crippen LogP contribution >= 0.6 is 0 Å². The van der Waals surface area contributed by atoms with Gasteiger partial charge in [-0.05, 0) is 13.0 Å². The van der Waals surface area contributed by atoms with E-state index in [1.165, 1.54) is 0 Å². The number of nitrogens with zero attached hydrogens (tertiary/aromatic N) is 3. The van der Waals surface area contributed by atoms with E-state index in [1.54, 1.807) is 12.3 Å². The predicted molar refractivity (Wildman–Crippen MR) is 53.1 cm³/mol. The highest BCUT2D eigenvalue weighted by atomic mass is 15.2. The second-order valence-electron chi connectivity index (χ2n) is 2.85. The summed E-state index contributed by atoms with van der Waals surface area (Å²) in [6, 6.07) is 3.60. The van der Waals surface area contributed by atoms with Crippen molar-refractivity contribution in [3.05, 3.63) is 24.0 Å². The zero-order valence-electron chi connectivity index (χ0n) is 7.65. The van der Waals surface area contributed by atoms with Crippen molar-refractivity contribution < 1.29 is 0 Å². The Kier molecular flexibility index (Phi) is 2.02. The minimum atomic E-state index is 0.242. The van der Waals surface area contributed by atoms with E-state index in [0.717, 1.165) is 11.5 Å². The second-order valence-corrected chi connectivity index (χ2v) is 2.85. The molecule has 2 rings (SSSR count). The van der Waals surface area contributed by atoms with Gasteiger partial charge in [0.2, 0.25) is 5.95 Å². The maximum atomic E-state index is 5.43. The van der Waals surface area contributed by atoms with Gasteiger partial charge in [0, 0.05) is 12.3 Å². The van der Waals surface area contributed by atoms with Crippen molar-refractivity contribution in [1.29, 1.82) is 0 Å². The summed E-state index contributed by atoms with van der Waals surface area (Å²) in [6.07, 6.45) is 1.59. The molecule has 6 nitrogen and oxygen atoms in total. The van der Waals surface area contributed by atoms with Crippen molar-refractivity contribution in [3.8, 4) is 0 Å². The molecule has 0 aliphatic heterocycles. The zero-order valence-corrected chi connectivity index (χ0v) is 7.65. The van der Waals surface area contributed by atoms with Crippen molar-refractivity contribution in [3.63, 3.8) is 0 Å². The number of aromatic nitrogens is 4. The summed E-state index contributed by atoms with van der Waals surface area (Å²) in [6.45, 7) is 1.90. The van der Waals surface area contributed by atoms with E-state index < -0.39 is 0 Å². The van der Waals surface area contributed by atoms with E-state index in [1.807, 2.05) is 13.0 Å². The molecular formula is C8H10N6. The van der Waals surface area contributed by atoms with Crippen molar-refractivity contribution in [2.24, 2.45) is 0 Å². The van der Waals surface area contributed by atoms with Crippen molar-refractivity contribution in [2.75, 3.05) is 11.1 Å². The molecule has 0 unspecified atom stereocenters. The normalized spacial score (nSPS) is 10.1. The number of H-pyrrole nitrogens is 1. The van der Waals surface area contributed by atoms with Crippen LogP contribution in [-0.2, 0) is 0 Å². The average molecular weight is 190 g/mol. The van der Waals surface area contributed by atoms with E-state index in [2.05, 4.69) is 25.5 Å². The van der Waals surface area contributed by atoms with Crippen LogP contribution in [0.3, 0.4) is 0 Å². The first-order valence-corrected chi connectivity index (χ1v) is 4.11. The van der Waals surface area contributed by atoms with Crippen LogP contribution in [0.15, 0.2) is 18.3 Å². The topological polar surface area (TPSA) is 92.5 Å². The third-order valence-electron chi connectivity index (χ3n) is 1.64. The third-order valence-corrected chi connectivity index (χ3v) is 1.64. The van der Waals surface area contributed by atoms with Crippen molar-refractivity contribution in [2.45, 2.75) is 6.92 Å². The van der Waals surface area contributed by atoms with Crippen LogP contribution in [0.2, 0.25) is 0 Å². The summed E-state index contributed by atoms with van der Waals surface area (Å²) in [7, 11) is 0. The molecule has 6 heteroatoms. The van der Waals surface area contributed by atoms with Gasteiger partial charge in [0.05, 0.1) is 5.69 Å². The molecule has 14 heavy (non-hydrogen) atoms. The predicted octanol–water partition coefficient (Wildman–Crippen LogP) is 0.834. The van der Waals surface area contributed by atoms with E-state index >= 15 is 0 Å². The third kappa shape index (κ3) is 1.79. The Morgan fingerprint density at radius 3 is 3.00 bits per heavy atom. The number of rotatable bonds is 2. The van der Waals surface area contributed by atoms with Gasteiger partial charge in [-0.15, -0.1) is 0 Å². The number of hydrogen-bond acceptors (Lipinski definition) is 5. The number of nitrogen functional groups attached to an aromatic ring is 1. The van der Waals surface area contributed by atoms with Crippen LogP contribution in [0.25, 0.3) is 0 Å². The summed E-state index contributed by atoms with van der Waals surface area (Å²) in [5.74, 6) is 1.66. The first-order chi connectivity index (χ1) is 6.74. The Morgan fingerprint density at radius 2 is 2.36 bits per heavy atom. The van der Waals surface area contributed by atoms with Gasteiger partial charge in [-0.2, -0.15) is 10.1 Å². The van der Waals surface area contributed by atoms with Gasteiger partial charge in [0.1, 0.15) is 11.6 Å². The highest BCUT2D eigenvalue weighted by Gasteiger charge is 1.99. The fourth-order valence-corrected chi connectivity index (χ4v) is 1.07. The molecule has 2 aromatic heterocycles. The molecule has 2 aromatic rings. The van der Waals surface area contributed by atoms with Gasteiger partial charge in [0.15, 0.2) is 0 Å². The van der Waals surface area contributed by atoms with E-state index in [4.69, 9.17) is 5.73 Å². The number of aromatic amines is 1. The zero-order chi connectivity index (χ0) is 9.97. The number of nitrogens with one attached hydrogen (secondary N) is 2. The standard InChI is InChI=1S/C8H10N6/c1-5-4-7(14-13-5)11-6-2-3-10-8(9)12-6/h2-4H,1H3,(H4,9,10,11,12,13,14). The molecule has 0 aliphatic carbocycles. The second kappa shape index (κ2) is 3.33. The lowest BCUT2D eigenvalue weighted by Gasteiger charge is -2.01. The fraction of sp³-hybridized carbons (Fsp3) is 0.125. The van der Waals surface area contributed by atoms with Gasteiger partial charge < -0.3 is 11.1 Å². The molecule has 0 bridgehead atoms. The van der Waals surface area contributed by atoms with Crippen LogP contribution in [0.1, 0.15) is 5.69 Å². The average Bonchev–Trinajstić information content (AvgIpc) is 2.51. The molecule has 0 atom stereocenters. The summed E-state index contributed by atoms with van der Waals surface area (Å²) in [5, 5.41) is 9.80. The number of aryl methyl sites for hydroxylation is 1. The molecule has 0 radical (unpaired) electrons. The summed E-state index contributed by atoms with van der Waals surface area (Å²) in [5.41, 5.74) is 6.34. The maximum absolute atomic E-state index is 5.43. The molecule has 0 amide bonds. The molecule has 0 spiro atoms. The Hall–Kier alpha value is -2.11. The van der Waals surface area contributed by atoms with Crippen LogP contribution < -0.4 is 11.1 Å². The van der Waals surface area contributed by atoms with E-state index in [-0.39, 0.29) is 5.95 Å². The molecule has 4 N–H and O–H groups in total. The maximum Gasteiger partial charge on any atom is 0.221 e. The Morgan fingerprint density at radius 1 is 1.50 bits per heavy atom. The monoisotopic (exact) mass is 190 g/mol. The van der Waals surface area contributed by atoms with Gasteiger partial charge in [-0.3, -0.25) is 5.10 Å². The lowest BCUT2D eigenvalue weighted by atomic mass is 10.4. The molecule has 0 saturated heterocycles. The highest BCUT2D eigenvalue weighted by molar-refractivity contribution is 5.52. The van der Waals surface area contributed by atoms with Gasteiger partial charge in [-0.25, -0.2) is 4.98 Å². The van der Waals surface area contributed by atoms with Gasteiger partial charge >= 0.3 is 0 Å². The SMILES string of the molecule is Cc1cc(Nc2ccnc(N)n2)[nH]n1. The van der Waals surface area contributed by atoms with E-state index in [9.17, 15) is 0 Å². The van der Waals surface area contributed by atoms with Crippen molar-refractivity contribution >= 4 is 17.6 Å². The van der Waals surface area contributed by atoms with Crippen LogP contribution in [0.5, 0.6) is 0 Å². The minimum Gasteiger partial charge on any atom is -0.368 e. The highest BCUT2D eigenvalue weighted by Crippen LogP contribution is 2.11. The van der Waals surface area contributed by atoms with E-state index in [0.29, 0.717) is 5.82 Å². The summed E-state index contributed by atoms with van der Waals surface area (Å²) < 4.78 is 0. The quantitative estimate of drug-likeness (QED) is 0.652. The summed E-state index contributed by atoms with van der Waals surface area (Å²) in [4.78, 5) is 7.77. The number of hydrogen-bond donors (Lipinski definition) is 3. The molecule has 72 valence electrons. The number of nitrogens with two attached hydrogens (primary N) is 1. The Balaban J connectivity index is 2.18. The van der Waals surface area contributed by atoms with Crippen LogP contribution in [0.4, 0.5) is 17.6 Å². The van der Waals surface area contributed by atoms with Gasteiger partial charge in [-0.1, -0.05) is 0 Å². The Labute approximate surface area is 80.6 Å². The van der Waals surface area contributed by atoms with Crippen LogP contribution in [0, 0.1) is 6.92 Å². The lowest BCUT2D eigenvalue weighted by molar-refractivity contribution is 1.05. The molecule has 2 heterocycles. The Bertz CT molecular complexity index is 435. The smallest absolute Gasteiger partial charge is 0.221 e. The molecule has 0 aromatic carbocycles. The first-order valence-electron chi connectivity index (χ1n) is 4.11. The molecule has 0 saturated carbocycles. The molecule has 0 fully saturated rings. The van der Waals surface area contributed by atoms with Gasteiger partial charge in [0.25, 0.3) is 0 Å². The lowest BCUT2D eigenvalue weighted by Crippen LogP contribution is -1.98. The molecular weight excluding hydrogens is 180 g/mol. The first kappa shape index (κ1) is 8.49. The molecule has 0 aliphatic rings. The minimum absolute atomic E-state index is 0.242. The number of anilines is 3. The fourth-order valence-electron chi connectivity index (χ4n) is 1.07. The largest absolute Gasteiger partial charge is 0.368 e.